The highest BCUT2D eigenvalue weighted by atomic mass is 16.3. The zero-order valence-corrected chi connectivity index (χ0v) is 30.8. The van der Waals surface area contributed by atoms with Gasteiger partial charge in [0.25, 0.3) is 0 Å². The van der Waals surface area contributed by atoms with E-state index >= 15 is 0 Å². The average molecular weight is 728 g/mol. The Morgan fingerprint density at radius 3 is 1.42 bits per heavy atom. The van der Waals surface area contributed by atoms with Crippen molar-refractivity contribution in [3.8, 4) is 67.5 Å². The van der Waals surface area contributed by atoms with Gasteiger partial charge in [-0.05, 0) is 61.7 Å². The van der Waals surface area contributed by atoms with Crippen molar-refractivity contribution in [1.82, 2.24) is 15.0 Å². The van der Waals surface area contributed by atoms with Gasteiger partial charge in [0.1, 0.15) is 11.2 Å². The fourth-order valence-corrected chi connectivity index (χ4v) is 8.16. The monoisotopic (exact) mass is 727 g/mol. The Labute approximate surface area is 329 Å². The molecule has 0 aliphatic heterocycles. The van der Waals surface area contributed by atoms with Crippen LogP contribution < -0.4 is 0 Å². The molecule has 0 radical (unpaired) electrons. The SMILES string of the molecule is c1ccc(-c2nc(-c3ccccc3)nc(-c3ccc(-c4ccc(-c5cccc6oc7c8ccccc8c(-c8cccc9ccccc89)cc7c56)cc4)cc3)n2)cc1. The lowest BCUT2D eigenvalue weighted by Crippen LogP contribution is -2.00. The molecule has 0 spiro atoms. The highest BCUT2D eigenvalue weighted by molar-refractivity contribution is 6.23. The van der Waals surface area contributed by atoms with Crippen LogP contribution in [-0.4, -0.2) is 15.0 Å². The predicted molar refractivity (Wildman–Crippen MR) is 235 cm³/mol. The Morgan fingerprint density at radius 2 is 0.772 bits per heavy atom. The van der Waals surface area contributed by atoms with E-state index in [9.17, 15) is 0 Å². The predicted octanol–water partition coefficient (Wildman–Crippen LogP) is 14.1. The second-order valence-electron chi connectivity index (χ2n) is 14.3. The third kappa shape index (κ3) is 5.74. The fraction of sp³-hybridized carbons (Fsp3) is 0. The second kappa shape index (κ2) is 13.6. The van der Waals surface area contributed by atoms with Crippen LogP contribution in [0.15, 0.2) is 205 Å². The molecule has 0 saturated heterocycles. The lowest BCUT2D eigenvalue weighted by Gasteiger charge is -2.12. The summed E-state index contributed by atoms with van der Waals surface area (Å²) in [4.78, 5) is 14.7. The van der Waals surface area contributed by atoms with E-state index < -0.39 is 0 Å². The van der Waals surface area contributed by atoms with Crippen molar-refractivity contribution in [3.05, 3.63) is 200 Å². The number of nitrogens with zero attached hydrogens (tertiary/aromatic N) is 3. The van der Waals surface area contributed by atoms with Crippen molar-refractivity contribution in [2.45, 2.75) is 0 Å². The molecule has 0 fully saturated rings. The summed E-state index contributed by atoms with van der Waals surface area (Å²) in [5, 5.41) is 7.00. The van der Waals surface area contributed by atoms with Crippen molar-refractivity contribution < 1.29 is 4.42 Å². The van der Waals surface area contributed by atoms with Crippen LogP contribution in [0.3, 0.4) is 0 Å². The van der Waals surface area contributed by atoms with E-state index in [-0.39, 0.29) is 0 Å². The summed E-state index contributed by atoms with van der Waals surface area (Å²) in [6.45, 7) is 0. The molecular formula is C53H33N3O. The van der Waals surface area contributed by atoms with E-state index in [1.54, 1.807) is 0 Å². The lowest BCUT2D eigenvalue weighted by atomic mass is 9.91. The van der Waals surface area contributed by atoms with Crippen LogP contribution in [0.25, 0.3) is 111 Å². The largest absolute Gasteiger partial charge is 0.455 e. The number of benzene rings is 9. The minimum absolute atomic E-state index is 0.640. The quantitative estimate of drug-likeness (QED) is 0.171. The number of hydrogen-bond acceptors (Lipinski definition) is 4. The molecule has 4 heteroatoms. The highest BCUT2D eigenvalue weighted by Gasteiger charge is 2.19. The summed E-state index contributed by atoms with van der Waals surface area (Å²) in [5.41, 5.74) is 11.6. The smallest absolute Gasteiger partial charge is 0.164 e. The molecule has 11 rings (SSSR count). The highest BCUT2D eigenvalue weighted by Crippen LogP contribution is 2.44. The number of hydrogen-bond donors (Lipinski definition) is 0. The van der Waals surface area contributed by atoms with Gasteiger partial charge >= 0.3 is 0 Å². The van der Waals surface area contributed by atoms with Gasteiger partial charge in [0, 0.05) is 32.8 Å². The van der Waals surface area contributed by atoms with Gasteiger partial charge in [0.05, 0.1) is 0 Å². The summed E-state index contributed by atoms with van der Waals surface area (Å²) in [6.07, 6.45) is 0. The fourth-order valence-electron chi connectivity index (χ4n) is 8.16. The Hall–Kier alpha value is -7.69. The summed E-state index contributed by atoms with van der Waals surface area (Å²) < 4.78 is 6.70. The molecular weight excluding hydrogens is 695 g/mol. The first-order valence-electron chi connectivity index (χ1n) is 19.2. The van der Waals surface area contributed by atoms with Gasteiger partial charge in [-0.1, -0.05) is 188 Å². The molecule has 0 atom stereocenters. The topological polar surface area (TPSA) is 51.8 Å². The molecule has 2 heterocycles. The molecule has 0 aliphatic carbocycles. The van der Waals surface area contributed by atoms with E-state index in [0.29, 0.717) is 17.5 Å². The zero-order chi connectivity index (χ0) is 37.7. The summed E-state index contributed by atoms with van der Waals surface area (Å²) in [6, 6.07) is 69.9. The first-order valence-corrected chi connectivity index (χ1v) is 19.2. The third-order valence-electron chi connectivity index (χ3n) is 11.0. The van der Waals surface area contributed by atoms with Crippen molar-refractivity contribution in [2.24, 2.45) is 0 Å². The van der Waals surface area contributed by atoms with Crippen LogP contribution in [0.1, 0.15) is 0 Å². The van der Waals surface area contributed by atoms with Crippen molar-refractivity contribution in [3.63, 3.8) is 0 Å². The standard InChI is InChI=1S/C53H33N3O/c1-3-14-38(15-4-1)51-54-52(39-16-5-2-6-17-39)56-53(55-51)40-31-27-35(28-32-40)34-25-29-37(30-26-34)42-22-12-24-48-49(42)47-33-46(44-20-9-10-21-45(44)50(47)57-48)43-23-11-18-36-13-7-8-19-41(36)43/h1-33H. The maximum Gasteiger partial charge on any atom is 0.164 e. The lowest BCUT2D eigenvalue weighted by molar-refractivity contribution is 0.673. The van der Waals surface area contributed by atoms with Gasteiger partial charge in [0.15, 0.2) is 17.5 Å². The van der Waals surface area contributed by atoms with Gasteiger partial charge < -0.3 is 4.42 Å². The van der Waals surface area contributed by atoms with Crippen LogP contribution in [0, 0.1) is 0 Å². The van der Waals surface area contributed by atoms with E-state index in [2.05, 4.69) is 140 Å². The Balaban J connectivity index is 0.973. The van der Waals surface area contributed by atoms with Crippen molar-refractivity contribution in [1.29, 1.82) is 0 Å². The molecule has 9 aromatic carbocycles. The van der Waals surface area contributed by atoms with E-state index in [4.69, 9.17) is 19.4 Å². The van der Waals surface area contributed by atoms with Crippen LogP contribution in [0.5, 0.6) is 0 Å². The molecule has 57 heavy (non-hydrogen) atoms. The molecule has 0 unspecified atom stereocenters. The summed E-state index contributed by atoms with van der Waals surface area (Å²) >= 11 is 0. The Kier molecular flexibility index (Phi) is 7.78. The van der Waals surface area contributed by atoms with Crippen LogP contribution in [-0.2, 0) is 0 Å². The minimum atomic E-state index is 0.640. The first kappa shape index (κ1) is 32.7. The van der Waals surface area contributed by atoms with Gasteiger partial charge in [0.2, 0.25) is 0 Å². The Morgan fingerprint density at radius 1 is 0.298 bits per heavy atom. The van der Waals surface area contributed by atoms with Crippen LogP contribution in [0.4, 0.5) is 0 Å². The van der Waals surface area contributed by atoms with Crippen molar-refractivity contribution in [2.75, 3.05) is 0 Å². The van der Waals surface area contributed by atoms with E-state index in [1.807, 2.05) is 60.7 Å². The molecule has 0 N–H and O–H groups in total. The molecule has 11 aromatic rings. The number of fused-ring (bicyclic) bond motifs is 6. The zero-order valence-electron chi connectivity index (χ0n) is 30.8. The molecule has 4 nitrogen and oxygen atoms in total. The molecule has 0 bridgehead atoms. The van der Waals surface area contributed by atoms with Gasteiger partial charge in [-0.3, -0.25) is 0 Å². The average Bonchev–Trinajstić information content (AvgIpc) is 3.68. The maximum atomic E-state index is 6.70. The maximum absolute atomic E-state index is 6.70. The first-order chi connectivity index (χ1) is 28.2. The number of rotatable bonds is 6. The minimum Gasteiger partial charge on any atom is -0.455 e. The second-order valence-corrected chi connectivity index (χ2v) is 14.3. The van der Waals surface area contributed by atoms with Crippen LogP contribution >= 0.6 is 0 Å². The summed E-state index contributed by atoms with van der Waals surface area (Å²) in [7, 11) is 0. The van der Waals surface area contributed by atoms with E-state index in [0.717, 1.165) is 66.3 Å². The van der Waals surface area contributed by atoms with Crippen LogP contribution in [0.2, 0.25) is 0 Å². The normalized spacial score (nSPS) is 11.5. The third-order valence-corrected chi connectivity index (χ3v) is 11.0. The van der Waals surface area contributed by atoms with E-state index in [1.165, 1.54) is 27.3 Å². The van der Waals surface area contributed by atoms with Gasteiger partial charge in [-0.15, -0.1) is 0 Å². The molecule has 0 aliphatic rings. The van der Waals surface area contributed by atoms with Gasteiger partial charge in [-0.25, -0.2) is 15.0 Å². The van der Waals surface area contributed by atoms with Crippen molar-refractivity contribution >= 4 is 43.5 Å². The molecule has 0 saturated carbocycles. The molecule has 2 aromatic heterocycles. The molecule has 266 valence electrons. The number of aromatic nitrogens is 3. The summed E-state index contributed by atoms with van der Waals surface area (Å²) in [5.74, 6) is 1.94. The Bertz CT molecular complexity index is 3200. The number of furan rings is 1. The molecule has 0 amide bonds. The van der Waals surface area contributed by atoms with Gasteiger partial charge in [-0.2, -0.15) is 0 Å².